The Balaban J connectivity index is 1.16. The predicted molar refractivity (Wildman–Crippen MR) is 209 cm³/mol. The van der Waals surface area contributed by atoms with Crippen LogP contribution in [0.15, 0.2) is 41.8 Å². The fourth-order valence-corrected chi connectivity index (χ4v) is 8.22. The van der Waals surface area contributed by atoms with Gasteiger partial charge in [-0.3, -0.25) is 14.4 Å². The minimum Gasteiger partial charge on any atom is -0.497 e. The van der Waals surface area contributed by atoms with Gasteiger partial charge in [0.15, 0.2) is 5.13 Å². The van der Waals surface area contributed by atoms with E-state index in [4.69, 9.17) is 35.0 Å². The number of hydrogen-bond acceptors (Lipinski definition) is 11. The van der Waals surface area contributed by atoms with E-state index in [2.05, 4.69) is 10.6 Å². The molecule has 0 spiro atoms. The van der Waals surface area contributed by atoms with Gasteiger partial charge >= 0.3 is 12.1 Å². The van der Waals surface area contributed by atoms with Crippen LogP contribution in [0.5, 0.6) is 11.5 Å². The highest BCUT2D eigenvalue weighted by Gasteiger charge is 2.43. The molecule has 55 heavy (non-hydrogen) atoms. The van der Waals surface area contributed by atoms with E-state index in [0.29, 0.717) is 47.7 Å². The zero-order valence-corrected chi connectivity index (χ0v) is 32.5. The summed E-state index contributed by atoms with van der Waals surface area (Å²) in [6.07, 6.45) is 10.4. The number of nitrogens with zero attached hydrogens (tertiary/aromatic N) is 3. The number of benzene rings is 1. The first-order chi connectivity index (χ1) is 26.5. The Morgan fingerprint density at radius 3 is 2.56 bits per heavy atom. The summed E-state index contributed by atoms with van der Waals surface area (Å²) >= 11 is 1.48. The number of carboxylic acids is 1. The number of amides is 3. The lowest BCUT2D eigenvalue weighted by molar-refractivity contribution is -0.139. The monoisotopic (exact) mass is 776 g/mol. The van der Waals surface area contributed by atoms with Crippen molar-refractivity contribution in [2.24, 2.45) is 17.6 Å². The van der Waals surface area contributed by atoms with Crippen LogP contribution < -0.4 is 25.8 Å². The normalized spacial score (nSPS) is 21.6. The van der Waals surface area contributed by atoms with Crippen LogP contribution in [0.3, 0.4) is 0 Å². The number of aromatic nitrogens is 2. The number of carbonyl (C=O) groups is 4. The van der Waals surface area contributed by atoms with E-state index >= 15 is 0 Å². The zero-order valence-electron chi connectivity index (χ0n) is 31.7. The molecule has 15 heteroatoms. The van der Waals surface area contributed by atoms with Crippen molar-refractivity contribution in [3.63, 3.8) is 0 Å². The van der Waals surface area contributed by atoms with Gasteiger partial charge in [-0.05, 0) is 83.3 Å². The zero-order chi connectivity index (χ0) is 39.1. The van der Waals surface area contributed by atoms with Crippen molar-refractivity contribution in [1.82, 2.24) is 20.2 Å². The fourth-order valence-electron chi connectivity index (χ4n) is 7.37. The number of carbonyl (C=O) groups excluding carboxylic acids is 3. The van der Waals surface area contributed by atoms with Gasteiger partial charge < -0.3 is 40.6 Å². The molecule has 5 atom stereocenters. The average molecular weight is 777 g/mol. The molecule has 6 rings (SSSR count). The van der Waals surface area contributed by atoms with Gasteiger partial charge in [0, 0.05) is 35.4 Å². The van der Waals surface area contributed by atoms with Crippen molar-refractivity contribution in [3.8, 4) is 22.9 Å². The summed E-state index contributed by atoms with van der Waals surface area (Å²) in [5.74, 6) is -0.833. The number of nitrogens with two attached hydrogens (primary N) is 1. The number of anilines is 1. The Morgan fingerprint density at radius 2 is 1.85 bits per heavy atom. The molecule has 1 aliphatic heterocycles. The number of nitrogens with one attached hydrogen (secondary N) is 2. The standard InChI is InChI=1S/C40H52N6O8S/c1-23(2)42-39-44-33(22-55-39)32-20-35(28-16-15-26(52-3)18-31(28)43-32)53-27-19-34(36(41)47)46(21-27)37(48)30(45-40(51)54-25-12-9-10-13-25)14-8-6-4-5-7-11-24-17-29(24)38(49)50/h7,11,15-16,18,20,22-25,27,29-30,34H,4-6,8-10,12-14,17,19,21H2,1-3H3,(H2,41,47)(H,42,44)(H,45,51)(H,49,50)/b11-7-/t24-,27-,29+,30?,34+/m1/s1. The largest absolute Gasteiger partial charge is 0.497 e. The number of primary amides is 1. The molecule has 3 heterocycles. The van der Waals surface area contributed by atoms with Gasteiger partial charge in [0.25, 0.3) is 0 Å². The second-order valence-corrected chi connectivity index (χ2v) is 15.9. The number of allylic oxidation sites excluding steroid dienone is 2. The summed E-state index contributed by atoms with van der Waals surface area (Å²) in [5, 5.41) is 18.7. The second kappa shape index (κ2) is 18.1. The predicted octanol–water partition coefficient (Wildman–Crippen LogP) is 6.29. The number of thiazole rings is 1. The number of hydrogen-bond donors (Lipinski definition) is 4. The molecule has 3 aromatic rings. The maximum absolute atomic E-state index is 14.3. The molecule has 3 fully saturated rings. The third kappa shape index (κ3) is 10.4. The van der Waals surface area contributed by atoms with Crippen molar-refractivity contribution in [1.29, 1.82) is 0 Å². The number of carboxylic acid groups (broad SMARTS) is 1. The Hall–Kier alpha value is -4.92. The Kier molecular flexibility index (Phi) is 13.1. The maximum Gasteiger partial charge on any atom is 0.408 e. The first-order valence-corrected chi connectivity index (χ1v) is 20.2. The molecule has 3 aliphatic rings. The minimum absolute atomic E-state index is 0.0834. The van der Waals surface area contributed by atoms with E-state index in [1.165, 1.54) is 16.2 Å². The third-order valence-corrected chi connectivity index (χ3v) is 11.2. The lowest BCUT2D eigenvalue weighted by Crippen LogP contribution is -2.53. The van der Waals surface area contributed by atoms with Crippen LogP contribution in [0.1, 0.15) is 84.5 Å². The fraction of sp³-hybridized carbons (Fsp3) is 0.550. The van der Waals surface area contributed by atoms with Gasteiger partial charge in [0.2, 0.25) is 11.8 Å². The summed E-state index contributed by atoms with van der Waals surface area (Å²) in [4.78, 5) is 62.3. The molecule has 1 saturated heterocycles. The number of fused-ring (bicyclic) bond motifs is 1. The quantitative estimate of drug-likeness (QED) is 0.0838. The van der Waals surface area contributed by atoms with Crippen LogP contribution in [0.4, 0.5) is 9.93 Å². The molecule has 1 unspecified atom stereocenters. The maximum atomic E-state index is 14.3. The van der Waals surface area contributed by atoms with Crippen LogP contribution in [0, 0.1) is 11.8 Å². The van der Waals surface area contributed by atoms with Gasteiger partial charge in [-0.1, -0.05) is 25.0 Å². The van der Waals surface area contributed by atoms with Crippen LogP contribution in [-0.4, -0.2) is 87.8 Å². The van der Waals surface area contributed by atoms with Gasteiger partial charge in [-0.25, -0.2) is 14.8 Å². The summed E-state index contributed by atoms with van der Waals surface area (Å²) in [6, 6.07) is 5.67. The van der Waals surface area contributed by atoms with Crippen LogP contribution in [0.2, 0.25) is 0 Å². The third-order valence-electron chi connectivity index (χ3n) is 10.4. The first kappa shape index (κ1) is 39.8. The Labute approximate surface area is 325 Å². The van der Waals surface area contributed by atoms with E-state index in [0.717, 1.165) is 55.5 Å². The number of methoxy groups -OCH3 is 1. The highest BCUT2D eigenvalue weighted by Crippen LogP contribution is 2.40. The number of alkyl carbamates (subject to hydrolysis) is 1. The first-order valence-electron chi connectivity index (χ1n) is 19.3. The molecule has 2 aliphatic carbocycles. The number of rotatable bonds is 18. The van der Waals surface area contributed by atoms with Crippen molar-refractivity contribution in [3.05, 3.63) is 41.8 Å². The molecule has 5 N–H and O–H groups in total. The summed E-state index contributed by atoms with van der Waals surface area (Å²) in [5.41, 5.74) is 7.79. The van der Waals surface area contributed by atoms with E-state index in [9.17, 15) is 19.2 Å². The molecule has 0 bridgehead atoms. The summed E-state index contributed by atoms with van der Waals surface area (Å²) < 4.78 is 17.7. The van der Waals surface area contributed by atoms with Gasteiger partial charge in [0.05, 0.1) is 30.8 Å². The summed E-state index contributed by atoms with van der Waals surface area (Å²) in [7, 11) is 1.59. The van der Waals surface area contributed by atoms with Gasteiger partial charge in [-0.2, -0.15) is 0 Å². The van der Waals surface area contributed by atoms with E-state index in [1.54, 1.807) is 7.11 Å². The molecule has 14 nitrogen and oxygen atoms in total. The molecule has 3 amide bonds. The minimum atomic E-state index is -0.939. The molecular formula is C40H52N6O8S. The highest BCUT2D eigenvalue weighted by atomic mass is 32.1. The number of ether oxygens (including phenoxy) is 3. The number of likely N-dealkylation sites (tertiary alicyclic amines) is 1. The Bertz CT molecular complexity index is 1880. The van der Waals surface area contributed by atoms with Gasteiger partial charge in [-0.15, -0.1) is 11.3 Å². The van der Waals surface area contributed by atoms with Crippen LogP contribution in [-0.2, 0) is 19.1 Å². The van der Waals surface area contributed by atoms with E-state index in [-0.39, 0.29) is 36.9 Å². The van der Waals surface area contributed by atoms with Crippen LogP contribution in [0.25, 0.3) is 22.3 Å². The Morgan fingerprint density at radius 1 is 1.05 bits per heavy atom. The average Bonchev–Trinajstić information content (AvgIpc) is 3.46. The molecule has 1 aromatic carbocycles. The van der Waals surface area contributed by atoms with Crippen LogP contribution >= 0.6 is 11.3 Å². The van der Waals surface area contributed by atoms with Crippen molar-refractivity contribution in [2.45, 2.75) is 115 Å². The molecule has 2 saturated carbocycles. The molecule has 0 radical (unpaired) electrons. The topological polar surface area (TPSA) is 195 Å². The van der Waals surface area contributed by atoms with E-state index in [1.807, 2.05) is 55.6 Å². The SMILES string of the molecule is COc1ccc2c(O[C@@H]3C[C@@H](C(N)=O)N(C(=O)C(CCCCC/C=C\[C@@H]4C[C@@H]4C(=O)O)NC(=O)OC4CCCC4)C3)cc(-c3csc(NC(C)C)n3)nc2c1. The van der Waals surface area contributed by atoms with Gasteiger partial charge in [0.1, 0.15) is 41.5 Å². The molecule has 296 valence electrons. The lowest BCUT2D eigenvalue weighted by Gasteiger charge is -2.28. The number of pyridine rings is 1. The summed E-state index contributed by atoms with van der Waals surface area (Å²) in [6.45, 7) is 4.17. The smallest absolute Gasteiger partial charge is 0.408 e. The van der Waals surface area contributed by atoms with E-state index < -0.39 is 42.1 Å². The van der Waals surface area contributed by atoms with Crippen molar-refractivity contribution >= 4 is 51.2 Å². The van der Waals surface area contributed by atoms with Crippen molar-refractivity contribution < 1.29 is 38.5 Å². The highest BCUT2D eigenvalue weighted by molar-refractivity contribution is 7.14. The molecule has 2 aromatic heterocycles. The second-order valence-electron chi connectivity index (χ2n) is 15.0. The lowest BCUT2D eigenvalue weighted by atomic mass is 10.0. The van der Waals surface area contributed by atoms with Crippen molar-refractivity contribution in [2.75, 3.05) is 19.0 Å². The number of aliphatic carboxylic acids is 1. The number of unbranched alkanes of at least 4 members (excludes halogenated alkanes) is 3. The molecular weight excluding hydrogens is 725 g/mol.